The van der Waals surface area contributed by atoms with E-state index in [4.69, 9.17) is 0 Å². The number of pyridine rings is 1. The fraction of sp³-hybridized carbons (Fsp3) is 0.167. The maximum Gasteiger partial charge on any atom is 0.405 e. The summed E-state index contributed by atoms with van der Waals surface area (Å²) in [5, 5.41) is 2.47. The predicted octanol–water partition coefficient (Wildman–Crippen LogP) is 4.91. The standard InChI is InChI=1S/C24H17F5N6O2/c1-34-12-32-17-7-4-15(8-18(17)34)35-10-14-9-30-23(31-11-24(27,28)29)33-20(14)19(21(35)36)13-2-5-16(6-3-13)37-22(25)26/h2-10,12,22H,11H2,1H3,(H,31,33). The number of ether oxygens (including phenoxy) is 1. The molecule has 5 rings (SSSR count). The van der Waals surface area contributed by atoms with Crippen molar-refractivity contribution in [3.63, 3.8) is 0 Å². The molecule has 3 aromatic heterocycles. The second-order valence-electron chi connectivity index (χ2n) is 8.08. The molecule has 190 valence electrons. The lowest BCUT2D eigenvalue weighted by molar-refractivity contribution is -0.115. The molecule has 0 spiro atoms. The Morgan fingerprint density at radius 1 is 1.08 bits per heavy atom. The van der Waals surface area contributed by atoms with E-state index in [1.165, 1.54) is 41.2 Å². The van der Waals surface area contributed by atoms with E-state index in [9.17, 15) is 26.7 Å². The van der Waals surface area contributed by atoms with Crippen LogP contribution in [0.3, 0.4) is 0 Å². The molecule has 0 fully saturated rings. The number of anilines is 1. The van der Waals surface area contributed by atoms with Crippen molar-refractivity contribution in [2.45, 2.75) is 12.8 Å². The molecule has 0 radical (unpaired) electrons. The number of aromatic nitrogens is 5. The van der Waals surface area contributed by atoms with Gasteiger partial charge in [0.2, 0.25) is 5.95 Å². The van der Waals surface area contributed by atoms with Crippen LogP contribution in [0, 0.1) is 0 Å². The lowest BCUT2D eigenvalue weighted by atomic mass is 10.0. The average molecular weight is 516 g/mol. The van der Waals surface area contributed by atoms with Gasteiger partial charge in [0.15, 0.2) is 0 Å². The van der Waals surface area contributed by atoms with Crippen molar-refractivity contribution in [1.29, 1.82) is 0 Å². The van der Waals surface area contributed by atoms with Gasteiger partial charge in [-0.2, -0.15) is 22.0 Å². The van der Waals surface area contributed by atoms with E-state index in [1.807, 2.05) is 0 Å². The molecule has 8 nitrogen and oxygen atoms in total. The van der Waals surface area contributed by atoms with Crippen LogP contribution in [0.25, 0.3) is 38.8 Å². The Morgan fingerprint density at radius 3 is 2.54 bits per heavy atom. The van der Waals surface area contributed by atoms with Gasteiger partial charge >= 0.3 is 12.8 Å². The molecule has 0 saturated heterocycles. The maximum absolute atomic E-state index is 13.8. The number of nitrogens with one attached hydrogen (secondary N) is 1. The number of halogens is 5. The summed E-state index contributed by atoms with van der Waals surface area (Å²) < 4.78 is 70.8. The molecule has 3 heterocycles. The van der Waals surface area contributed by atoms with Gasteiger partial charge in [0.1, 0.15) is 12.3 Å². The highest BCUT2D eigenvalue weighted by molar-refractivity contribution is 5.93. The predicted molar refractivity (Wildman–Crippen MR) is 126 cm³/mol. The van der Waals surface area contributed by atoms with Gasteiger partial charge in [0, 0.05) is 24.8 Å². The Hall–Kier alpha value is -4.55. The molecular weight excluding hydrogens is 499 g/mol. The number of imidazole rings is 1. The van der Waals surface area contributed by atoms with Crippen molar-refractivity contribution in [1.82, 2.24) is 24.1 Å². The number of alkyl halides is 5. The summed E-state index contributed by atoms with van der Waals surface area (Å²) in [6.45, 7) is -4.40. The summed E-state index contributed by atoms with van der Waals surface area (Å²) in [6, 6.07) is 10.5. The number of hydrogen-bond donors (Lipinski definition) is 1. The van der Waals surface area contributed by atoms with Crippen molar-refractivity contribution in [2.75, 3.05) is 11.9 Å². The topological polar surface area (TPSA) is 86.9 Å². The molecule has 0 saturated carbocycles. The van der Waals surface area contributed by atoms with Crippen LogP contribution in [0.5, 0.6) is 5.75 Å². The first-order chi connectivity index (χ1) is 17.6. The maximum atomic E-state index is 13.8. The number of aryl methyl sites for hydroxylation is 1. The third-order valence-electron chi connectivity index (χ3n) is 5.56. The van der Waals surface area contributed by atoms with Gasteiger partial charge in [0.25, 0.3) is 5.56 Å². The fourth-order valence-electron chi connectivity index (χ4n) is 3.89. The normalized spacial score (nSPS) is 12.0. The van der Waals surface area contributed by atoms with Crippen molar-refractivity contribution < 1.29 is 26.7 Å². The van der Waals surface area contributed by atoms with Crippen LogP contribution >= 0.6 is 0 Å². The first-order valence-electron chi connectivity index (χ1n) is 10.8. The lowest BCUT2D eigenvalue weighted by Gasteiger charge is -2.14. The van der Waals surface area contributed by atoms with Gasteiger partial charge in [-0.05, 0) is 35.9 Å². The SMILES string of the molecule is Cn1cnc2ccc(-n3cc4cnc(NCC(F)(F)F)nc4c(-c4ccc(OC(F)F)cc4)c3=O)cc21. The van der Waals surface area contributed by atoms with E-state index in [0.29, 0.717) is 16.6 Å². The van der Waals surface area contributed by atoms with Gasteiger partial charge < -0.3 is 14.6 Å². The van der Waals surface area contributed by atoms with Crippen molar-refractivity contribution in [3.8, 4) is 22.6 Å². The van der Waals surface area contributed by atoms with Crippen LogP contribution in [-0.2, 0) is 7.05 Å². The highest BCUT2D eigenvalue weighted by atomic mass is 19.4. The summed E-state index contributed by atoms with van der Waals surface area (Å²) in [7, 11) is 1.81. The second kappa shape index (κ2) is 9.15. The van der Waals surface area contributed by atoms with Crippen molar-refractivity contribution >= 4 is 27.9 Å². The van der Waals surface area contributed by atoms with E-state index >= 15 is 0 Å². The Balaban J connectivity index is 1.70. The Kier molecular flexibility index (Phi) is 5.97. The summed E-state index contributed by atoms with van der Waals surface area (Å²) in [5.41, 5.74) is 1.89. The molecule has 0 amide bonds. The number of rotatable bonds is 6. The van der Waals surface area contributed by atoms with Gasteiger partial charge in [-0.25, -0.2) is 15.0 Å². The van der Waals surface area contributed by atoms with Crippen LogP contribution in [0.2, 0.25) is 0 Å². The Bertz CT molecular complexity index is 1660. The zero-order valence-corrected chi connectivity index (χ0v) is 19.0. The monoisotopic (exact) mass is 516 g/mol. The van der Waals surface area contributed by atoms with E-state index in [2.05, 4.69) is 25.0 Å². The molecule has 0 aliphatic heterocycles. The molecule has 0 bridgehead atoms. The molecule has 2 aromatic carbocycles. The number of hydrogen-bond acceptors (Lipinski definition) is 6. The van der Waals surface area contributed by atoms with E-state index in [1.54, 1.807) is 36.1 Å². The zero-order chi connectivity index (χ0) is 26.3. The molecule has 0 unspecified atom stereocenters. The highest BCUT2D eigenvalue weighted by Crippen LogP contribution is 2.28. The number of fused-ring (bicyclic) bond motifs is 2. The average Bonchev–Trinajstić information content (AvgIpc) is 3.22. The van der Waals surface area contributed by atoms with Crippen LogP contribution in [-0.4, -0.2) is 43.4 Å². The molecule has 0 atom stereocenters. The minimum Gasteiger partial charge on any atom is -0.435 e. The van der Waals surface area contributed by atoms with Gasteiger partial charge in [0.05, 0.1) is 34.1 Å². The van der Waals surface area contributed by atoms with Crippen LogP contribution in [0.4, 0.5) is 27.9 Å². The minimum absolute atomic E-state index is 0.0451. The first-order valence-corrected chi connectivity index (χ1v) is 10.8. The molecule has 13 heteroatoms. The fourth-order valence-corrected chi connectivity index (χ4v) is 3.89. The van der Waals surface area contributed by atoms with Crippen LogP contribution in [0.15, 0.2) is 66.0 Å². The highest BCUT2D eigenvalue weighted by Gasteiger charge is 2.27. The molecule has 5 aromatic rings. The summed E-state index contributed by atoms with van der Waals surface area (Å²) in [6.07, 6.45) is -0.0806. The quantitative estimate of drug-likeness (QED) is 0.323. The van der Waals surface area contributed by atoms with Gasteiger partial charge in [-0.15, -0.1) is 0 Å². The van der Waals surface area contributed by atoms with Crippen molar-refractivity contribution in [3.05, 3.63) is 71.5 Å². The summed E-state index contributed by atoms with van der Waals surface area (Å²) >= 11 is 0. The zero-order valence-electron chi connectivity index (χ0n) is 19.0. The number of benzene rings is 2. The third kappa shape index (κ3) is 4.92. The van der Waals surface area contributed by atoms with E-state index in [-0.39, 0.29) is 22.8 Å². The Morgan fingerprint density at radius 2 is 1.84 bits per heavy atom. The molecular formula is C24H17F5N6O2. The lowest BCUT2D eigenvalue weighted by Crippen LogP contribution is -2.23. The third-order valence-corrected chi connectivity index (χ3v) is 5.56. The summed E-state index contributed by atoms with van der Waals surface area (Å²) in [4.78, 5) is 26.2. The Labute approximate surface area is 205 Å². The van der Waals surface area contributed by atoms with Crippen LogP contribution < -0.4 is 15.6 Å². The number of nitrogens with zero attached hydrogens (tertiary/aromatic N) is 5. The van der Waals surface area contributed by atoms with Crippen LogP contribution in [0.1, 0.15) is 0 Å². The van der Waals surface area contributed by atoms with Gasteiger partial charge in [-0.1, -0.05) is 12.1 Å². The van der Waals surface area contributed by atoms with E-state index < -0.39 is 24.9 Å². The minimum atomic E-state index is -4.50. The molecule has 1 N–H and O–H groups in total. The summed E-state index contributed by atoms with van der Waals surface area (Å²) in [5.74, 6) is -0.444. The molecule has 37 heavy (non-hydrogen) atoms. The smallest absolute Gasteiger partial charge is 0.405 e. The van der Waals surface area contributed by atoms with E-state index in [0.717, 1.165) is 11.0 Å². The second-order valence-corrected chi connectivity index (χ2v) is 8.08. The first kappa shape index (κ1) is 24.2. The van der Waals surface area contributed by atoms with Gasteiger partial charge in [-0.3, -0.25) is 9.36 Å². The largest absolute Gasteiger partial charge is 0.435 e. The molecule has 0 aliphatic rings. The molecule has 0 aliphatic carbocycles. The van der Waals surface area contributed by atoms with Crippen molar-refractivity contribution in [2.24, 2.45) is 7.05 Å².